The second-order valence-electron chi connectivity index (χ2n) is 7.78. The molecule has 35 heavy (non-hydrogen) atoms. The molecule has 3 rings (SSSR count). The fourth-order valence-electron chi connectivity index (χ4n) is 3.16. The van der Waals surface area contributed by atoms with Crippen LogP contribution in [0.25, 0.3) is 0 Å². The number of thiazole rings is 1. The molecule has 190 valence electrons. The van der Waals surface area contributed by atoms with Crippen molar-refractivity contribution in [2.24, 2.45) is 0 Å². The molecule has 0 saturated carbocycles. The summed E-state index contributed by atoms with van der Waals surface area (Å²) in [5.74, 6) is -2.70. The number of aromatic nitrogens is 2. The highest BCUT2D eigenvalue weighted by Gasteiger charge is 2.28. The van der Waals surface area contributed by atoms with Gasteiger partial charge in [-0.15, -0.1) is 23.7 Å². The Labute approximate surface area is 218 Å². The Morgan fingerprint density at radius 1 is 1.26 bits per heavy atom. The van der Waals surface area contributed by atoms with Crippen molar-refractivity contribution >= 4 is 64.8 Å². The van der Waals surface area contributed by atoms with E-state index >= 15 is 0 Å². The van der Waals surface area contributed by atoms with Crippen LogP contribution in [-0.2, 0) is 27.3 Å². The largest absolute Gasteiger partial charge is 0.345 e. The van der Waals surface area contributed by atoms with Gasteiger partial charge in [0, 0.05) is 50.7 Å². The van der Waals surface area contributed by atoms with E-state index < -0.39 is 29.7 Å². The lowest BCUT2D eigenvalue weighted by molar-refractivity contribution is -0.137. The number of likely N-dealkylation sites (N-methyl/N-ethyl adjacent to an activating group) is 2. The van der Waals surface area contributed by atoms with Gasteiger partial charge in [0.25, 0.3) is 5.91 Å². The van der Waals surface area contributed by atoms with E-state index in [4.69, 9.17) is 11.6 Å². The van der Waals surface area contributed by atoms with Gasteiger partial charge in [0.15, 0.2) is 5.01 Å². The molecule has 3 N–H and O–H groups in total. The zero-order valence-electron chi connectivity index (χ0n) is 19.5. The highest BCUT2D eigenvalue weighted by atomic mass is 35.5. The molecule has 11 nitrogen and oxygen atoms in total. The normalized spacial score (nSPS) is 13.6. The molecule has 1 unspecified atom stereocenters. The third-order valence-corrected chi connectivity index (χ3v) is 6.52. The van der Waals surface area contributed by atoms with E-state index in [1.165, 1.54) is 34.6 Å². The van der Waals surface area contributed by atoms with Crippen molar-refractivity contribution in [2.75, 3.05) is 39.0 Å². The minimum absolute atomic E-state index is 0. The summed E-state index contributed by atoms with van der Waals surface area (Å²) < 4.78 is 0. The van der Waals surface area contributed by atoms with E-state index in [9.17, 15) is 19.2 Å². The SMILES string of the molecule is CCN(C)C(=O)C(CNC(=O)C(=O)Nc1ccc(Cl)cn1)NC(=O)c1nc2c(s1)CN(C)CC2.Cl. The van der Waals surface area contributed by atoms with Crippen molar-refractivity contribution in [3.05, 3.63) is 38.9 Å². The van der Waals surface area contributed by atoms with Crippen molar-refractivity contribution in [1.82, 2.24) is 30.4 Å². The molecule has 14 heteroatoms. The Morgan fingerprint density at radius 3 is 2.66 bits per heavy atom. The Hall–Kier alpha value is -2.80. The number of rotatable bonds is 7. The Bertz CT molecular complexity index is 1080. The van der Waals surface area contributed by atoms with Crippen LogP contribution in [0.5, 0.6) is 0 Å². The molecular weight excluding hydrogens is 517 g/mol. The minimum atomic E-state index is -1.08. The summed E-state index contributed by atoms with van der Waals surface area (Å²) >= 11 is 7.04. The maximum absolute atomic E-state index is 12.9. The highest BCUT2D eigenvalue weighted by Crippen LogP contribution is 2.24. The molecular formula is C21H27Cl2N7O4S. The van der Waals surface area contributed by atoms with Crippen LogP contribution >= 0.6 is 35.3 Å². The van der Waals surface area contributed by atoms with E-state index in [1.54, 1.807) is 14.0 Å². The van der Waals surface area contributed by atoms with Gasteiger partial charge in [-0.1, -0.05) is 11.6 Å². The molecule has 0 spiro atoms. The molecule has 1 aliphatic rings. The third kappa shape index (κ3) is 7.59. The van der Waals surface area contributed by atoms with Crippen molar-refractivity contribution in [3.63, 3.8) is 0 Å². The second-order valence-corrected chi connectivity index (χ2v) is 9.30. The molecule has 0 aromatic carbocycles. The molecule has 0 saturated heterocycles. The van der Waals surface area contributed by atoms with Crippen LogP contribution in [0.1, 0.15) is 27.3 Å². The van der Waals surface area contributed by atoms with Gasteiger partial charge in [0.1, 0.15) is 11.9 Å². The number of nitrogens with zero attached hydrogens (tertiary/aromatic N) is 4. The molecule has 0 bridgehead atoms. The molecule has 0 fully saturated rings. The third-order valence-electron chi connectivity index (χ3n) is 5.21. The van der Waals surface area contributed by atoms with Crippen LogP contribution in [-0.4, -0.2) is 83.2 Å². The quantitative estimate of drug-likeness (QED) is 0.442. The van der Waals surface area contributed by atoms with Gasteiger partial charge in [0.05, 0.1) is 10.7 Å². The topological polar surface area (TPSA) is 137 Å². The second kappa shape index (κ2) is 12.8. The first-order valence-corrected chi connectivity index (χ1v) is 11.8. The van der Waals surface area contributed by atoms with Gasteiger partial charge in [0.2, 0.25) is 5.91 Å². The molecule has 3 heterocycles. The van der Waals surface area contributed by atoms with Crippen molar-refractivity contribution in [1.29, 1.82) is 0 Å². The van der Waals surface area contributed by atoms with E-state index in [1.807, 2.05) is 7.05 Å². The minimum Gasteiger partial charge on any atom is -0.345 e. The van der Waals surface area contributed by atoms with E-state index in [2.05, 4.69) is 30.8 Å². The molecule has 1 aliphatic heterocycles. The van der Waals surface area contributed by atoms with Gasteiger partial charge in [-0.3, -0.25) is 19.2 Å². The molecule has 0 aliphatic carbocycles. The number of halogens is 2. The monoisotopic (exact) mass is 543 g/mol. The molecule has 1 atom stereocenters. The number of hydrogen-bond donors (Lipinski definition) is 3. The van der Waals surface area contributed by atoms with Crippen molar-refractivity contribution < 1.29 is 19.2 Å². The van der Waals surface area contributed by atoms with Gasteiger partial charge < -0.3 is 25.8 Å². The Balaban J connectivity index is 0.00000432. The summed E-state index contributed by atoms with van der Waals surface area (Å²) in [6.07, 6.45) is 2.08. The molecule has 4 amide bonds. The van der Waals surface area contributed by atoms with Crippen LogP contribution in [0.4, 0.5) is 5.82 Å². The van der Waals surface area contributed by atoms with Gasteiger partial charge in [-0.05, 0) is 26.1 Å². The number of anilines is 1. The first-order valence-electron chi connectivity index (χ1n) is 10.6. The van der Waals surface area contributed by atoms with Crippen LogP contribution in [0.15, 0.2) is 18.3 Å². The average Bonchev–Trinajstić information content (AvgIpc) is 3.25. The number of hydrogen-bond acceptors (Lipinski definition) is 8. The number of amides is 4. The summed E-state index contributed by atoms with van der Waals surface area (Å²) in [7, 11) is 3.58. The zero-order valence-corrected chi connectivity index (χ0v) is 21.9. The first-order chi connectivity index (χ1) is 16.2. The molecule has 0 radical (unpaired) electrons. The summed E-state index contributed by atoms with van der Waals surface area (Å²) in [5, 5.41) is 8.02. The maximum atomic E-state index is 12.9. The van der Waals surface area contributed by atoms with Crippen LogP contribution < -0.4 is 16.0 Å². The number of pyridine rings is 1. The highest BCUT2D eigenvalue weighted by molar-refractivity contribution is 7.13. The molecule has 2 aromatic heterocycles. The summed E-state index contributed by atoms with van der Waals surface area (Å²) in [5.41, 5.74) is 0.891. The smallest absolute Gasteiger partial charge is 0.314 e. The Kier molecular flexibility index (Phi) is 10.4. The predicted molar refractivity (Wildman–Crippen MR) is 135 cm³/mol. The predicted octanol–water partition coefficient (Wildman–Crippen LogP) is 0.933. The molecule has 2 aromatic rings. The van der Waals surface area contributed by atoms with Gasteiger partial charge >= 0.3 is 11.8 Å². The lowest BCUT2D eigenvalue weighted by Crippen LogP contribution is -2.54. The number of fused-ring (bicyclic) bond motifs is 1. The van der Waals surface area contributed by atoms with E-state index in [0.717, 1.165) is 30.1 Å². The van der Waals surface area contributed by atoms with Crippen molar-refractivity contribution in [2.45, 2.75) is 25.9 Å². The van der Waals surface area contributed by atoms with E-state index in [0.29, 0.717) is 11.6 Å². The Morgan fingerprint density at radius 2 is 2.00 bits per heavy atom. The zero-order chi connectivity index (χ0) is 24.8. The van der Waals surface area contributed by atoms with Gasteiger partial charge in [-0.2, -0.15) is 0 Å². The summed E-state index contributed by atoms with van der Waals surface area (Å²) in [4.78, 5) is 63.0. The summed E-state index contributed by atoms with van der Waals surface area (Å²) in [6.45, 7) is 3.49. The first kappa shape index (κ1) is 28.4. The van der Waals surface area contributed by atoms with Crippen molar-refractivity contribution in [3.8, 4) is 0 Å². The fourth-order valence-corrected chi connectivity index (χ4v) is 4.36. The van der Waals surface area contributed by atoms with Crippen LogP contribution in [0, 0.1) is 0 Å². The maximum Gasteiger partial charge on any atom is 0.314 e. The van der Waals surface area contributed by atoms with Gasteiger partial charge in [-0.25, -0.2) is 9.97 Å². The lowest BCUT2D eigenvalue weighted by atomic mass is 10.2. The number of nitrogens with one attached hydrogen (secondary N) is 3. The number of carbonyl (C=O) groups excluding carboxylic acids is 4. The standard InChI is InChI=1S/C21H26ClN7O4S.ClH/c1-4-29(3)21(33)14(10-24-17(30)18(31)27-16-6-5-12(22)9-23-16)25-19(32)20-26-13-7-8-28(2)11-15(13)34-20;/h5-6,9,14H,4,7-8,10-11H2,1-3H3,(H,24,30)(H,25,32)(H,23,27,31);1H. The van der Waals surface area contributed by atoms with Crippen LogP contribution in [0.3, 0.4) is 0 Å². The summed E-state index contributed by atoms with van der Waals surface area (Å²) in [6, 6.07) is 1.88. The number of carbonyl (C=O) groups is 4. The average molecular weight is 544 g/mol. The van der Waals surface area contributed by atoms with E-state index in [-0.39, 0.29) is 29.8 Å². The van der Waals surface area contributed by atoms with Crippen LogP contribution in [0.2, 0.25) is 5.02 Å². The fraction of sp³-hybridized carbons (Fsp3) is 0.429. The lowest BCUT2D eigenvalue weighted by Gasteiger charge is -2.23.